The highest BCUT2D eigenvalue weighted by molar-refractivity contribution is 5.84. The number of rotatable bonds is 6. The second-order valence-electron chi connectivity index (χ2n) is 3.63. The molecule has 0 bridgehead atoms. The Morgan fingerprint density at radius 1 is 1.38 bits per heavy atom. The normalized spacial score (nSPS) is 15.1. The summed E-state index contributed by atoms with van der Waals surface area (Å²) in [6.45, 7) is 6.25. The highest BCUT2D eigenvalue weighted by Crippen LogP contribution is 2.13. The van der Waals surface area contributed by atoms with Crippen LogP contribution in [0.2, 0.25) is 0 Å². The van der Waals surface area contributed by atoms with Crippen LogP contribution in [0.25, 0.3) is 0 Å². The van der Waals surface area contributed by atoms with Crippen LogP contribution >= 0.6 is 0 Å². The molecule has 2 N–H and O–H groups in total. The van der Waals surface area contributed by atoms with Gasteiger partial charge in [0.05, 0.1) is 0 Å². The van der Waals surface area contributed by atoms with Crippen LogP contribution in [0.1, 0.15) is 46.5 Å². The lowest BCUT2D eigenvalue weighted by molar-refractivity contribution is -0.138. The van der Waals surface area contributed by atoms with Gasteiger partial charge in [-0.15, -0.1) is 0 Å². The largest absolute Gasteiger partial charge is 0.380 e. The SMILES string of the molecule is CCCCC(C)(O)C(=O)NCCC. The van der Waals surface area contributed by atoms with E-state index >= 15 is 0 Å². The van der Waals surface area contributed by atoms with Crippen molar-refractivity contribution >= 4 is 5.91 Å². The fraction of sp³-hybridized carbons (Fsp3) is 0.900. The van der Waals surface area contributed by atoms with Crippen LogP contribution in [0, 0.1) is 0 Å². The molecule has 0 fully saturated rings. The smallest absolute Gasteiger partial charge is 0.251 e. The number of aliphatic hydroxyl groups is 1. The molecule has 0 rings (SSSR count). The van der Waals surface area contributed by atoms with Crippen LogP contribution in [0.5, 0.6) is 0 Å². The molecule has 1 amide bonds. The highest BCUT2D eigenvalue weighted by atomic mass is 16.3. The summed E-state index contributed by atoms with van der Waals surface area (Å²) in [4.78, 5) is 11.4. The van der Waals surface area contributed by atoms with Crippen molar-refractivity contribution in [1.82, 2.24) is 5.32 Å². The molecule has 1 unspecified atom stereocenters. The molecule has 0 aliphatic heterocycles. The predicted molar refractivity (Wildman–Crippen MR) is 53.4 cm³/mol. The lowest BCUT2D eigenvalue weighted by Gasteiger charge is -2.21. The van der Waals surface area contributed by atoms with Gasteiger partial charge in [0, 0.05) is 6.54 Å². The van der Waals surface area contributed by atoms with E-state index in [2.05, 4.69) is 5.32 Å². The van der Waals surface area contributed by atoms with Crippen molar-refractivity contribution in [1.29, 1.82) is 0 Å². The predicted octanol–water partition coefficient (Wildman–Crippen LogP) is 1.45. The summed E-state index contributed by atoms with van der Waals surface area (Å²) in [5.74, 6) is -0.247. The zero-order valence-corrected chi connectivity index (χ0v) is 8.89. The van der Waals surface area contributed by atoms with Gasteiger partial charge < -0.3 is 10.4 Å². The van der Waals surface area contributed by atoms with Crippen molar-refractivity contribution in [3.05, 3.63) is 0 Å². The van der Waals surface area contributed by atoms with E-state index < -0.39 is 5.60 Å². The first-order valence-corrected chi connectivity index (χ1v) is 5.05. The average Bonchev–Trinajstić information content (AvgIpc) is 2.10. The fourth-order valence-electron chi connectivity index (χ4n) is 1.06. The number of nitrogens with one attached hydrogen (secondary N) is 1. The van der Waals surface area contributed by atoms with E-state index in [0.29, 0.717) is 13.0 Å². The number of amides is 1. The maximum Gasteiger partial charge on any atom is 0.251 e. The molecule has 1 atom stereocenters. The molecule has 13 heavy (non-hydrogen) atoms. The molecule has 0 saturated heterocycles. The van der Waals surface area contributed by atoms with Gasteiger partial charge in [-0.05, 0) is 19.8 Å². The first-order chi connectivity index (χ1) is 6.04. The number of hydrogen-bond acceptors (Lipinski definition) is 2. The van der Waals surface area contributed by atoms with Crippen LogP contribution < -0.4 is 5.32 Å². The Labute approximate surface area is 80.5 Å². The molecule has 0 aromatic carbocycles. The van der Waals surface area contributed by atoms with Crippen molar-refractivity contribution < 1.29 is 9.90 Å². The van der Waals surface area contributed by atoms with Crippen molar-refractivity contribution in [2.24, 2.45) is 0 Å². The second kappa shape index (κ2) is 5.97. The van der Waals surface area contributed by atoms with Crippen molar-refractivity contribution in [2.75, 3.05) is 6.54 Å². The summed E-state index contributed by atoms with van der Waals surface area (Å²) in [7, 11) is 0. The van der Waals surface area contributed by atoms with Gasteiger partial charge in [0.1, 0.15) is 5.60 Å². The zero-order valence-electron chi connectivity index (χ0n) is 8.89. The van der Waals surface area contributed by atoms with Gasteiger partial charge in [-0.25, -0.2) is 0 Å². The van der Waals surface area contributed by atoms with E-state index in [9.17, 15) is 9.90 Å². The Morgan fingerprint density at radius 3 is 2.46 bits per heavy atom. The number of carbonyl (C=O) groups is 1. The summed E-state index contributed by atoms with van der Waals surface area (Å²) in [5, 5.41) is 12.4. The Hall–Kier alpha value is -0.570. The highest BCUT2D eigenvalue weighted by Gasteiger charge is 2.28. The molecule has 0 heterocycles. The summed E-state index contributed by atoms with van der Waals surface area (Å²) in [6.07, 6.45) is 3.32. The molecule has 0 spiro atoms. The fourth-order valence-corrected chi connectivity index (χ4v) is 1.06. The zero-order chi connectivity index (χ0) is 10.3. The minimum absolute atomic E-state index is 0.247. The minimum Gasteiger partial charge on any atom is -0.380 e. The van der Waals surface area contributed by atoms with Crippen LogP contribution in [-0.4, -0.2) is 23.2 Å². The van der Waals surface area contributed by atoms with E-state index in [1.54, 1.807) is 6.92 Å². The van der Waals surface area contributed by atoms with Crippen molar-refractivity contribution in [3.63, 3.8) is 0 Å². The number of carbonyl (C=O) groups excluding carboxylic acids is 1. The Kier molecular flexibility index (Phi) is 5.71. The topological polar surface area (TPSA) is 49.3 Å². The summed E-state index contributed by atoms with van der Waals surface area (Å²) < 4.78 is 0. The monoisotopic (exact) mass is 187 g/mol. The van der Waals surface area contributed by atoms with Crippen LogP contribution in [0.15, 0.2) is 0 Å². The third-order valence-corrected chi connectivity index (χ3v) is 2.04. The lowest BCUT2D eigenvalue weighted by Crippen LogP contribution is -2.44. The quantitative estimate of drug-likeness (QED) is 0.661. The molecule has 3 nitrogen and oxygen atoms in total. The summed E-state index contributed by atoms with van der Waals surface area (Å²) in [6, 6.07) is 0. The van der Waals surface area contributed by atoms with E-state index in [0.717, 1.165) is 19.3 Å². The van der Waals surface area contributed by atoms with Gasteiger partial charge in [-0.1, -0.05) is 26.7 Å². The number of unbranched alkanes of at least 4 members (excludes halogenated alkanes) is 1. The van der Waals surface area contributed by atoms with E-state index in [-0.39, 0.29) is 5.91 Å². The molecular weight excluding hydrogens is 166 g/mol. The maximum absolute atomic E-state index is 11.4. The second-order valence-corrected chi connectivity index (χ2v) is 3.63. The summed E-state index contributed by atoms with van der Waals surface area (Å²) in [5.41, 5.74) is -1.19. The van der Waals surface area contributed by atoms with E-state index in [1.807, 2.05) is 13.8 Å². The van der Waals surface area contributed by atoms with Crippen LogP contribution in [0.3, 0.4) is 0 Å². The van der Waals surface area contributed by atoms with Gasteiger partial charge in [-0.3, -0.25) is 4.79 Å². The molecule has 0 aliphatic rings. The van der Waals surface area contributed by atoms with E-state index in [1.165, 1.54) is 0 Å². The molecule has 78 valence electrons. The van der Waals surface area contributed by atoms with E-state index in [4.69, 9.17) is 0 Å². The van der Waals surface area contributed by atoms with Gasteiger partial charge in [0.15, 0.2) is 0 Å². The molecule has 0 aromatic rings. The maximum atomic E-state index is 11.4. The summed E-state index contributed by atoms with van der Waals surface area (Å²) >= 11 is 0. The Balaban J connectivity index is 3.87. The average molecular weight is 187 g/mol. The van der Waals surface area contributed by atoms with Crippen LogP contribution in [0.4, 0.5) is 0 Å². The molecule has 0 aromatic heterocycles. The molecule has 0 saturated carbocycles. The first-order valence-electron chi connectivity index (χ1n) is 5.05. The molecule has 0 radical (unpaired) electrons. The number of hydrogen-bond donors (Lipinski definition) is 2. The molecular formula is C10H21NO2. The third-order valence-electron chi connectivity index (χ3n) is 2.04. The molecule has 3 heteroatoms. The standard InChI is InChI=1S/C10H21NO2/c1-4-6-7-10(3,13)9(12)11-8-5-2/h13H,4-8H2,1-3H3,(H,11,12). The van der Waals surface area contributed by atoms with Crippen molar-refractivity contribution in [3.8, 4) is 0 Å². The minimum atomic E-state index is -1.19. The van der Waals surface area contributed by atoms with Gasteiger partial charge in [0.25, 0.3) is 5.91 Å². The first kappa shape index (κ1) is 12.4. The Morgan fingerprint density at radius 2 is 2.00 bits per heavy atom. The van der Waals surface area contributed by atoms with Crippen molar-refractivity contribution in [2.45, 2.75) is 52.1 Å². The third kappa shape index (κ3) is 4.88. The van der Waals surface area contributed by atoms with Gasteiger partial charge in [-0.2, -0.15) is 0 Å². The van der Waals surface area contributed by atoms with Gasteiger partial charge >= 0.3 is 0 Å². The Bertz CT molecular complexity index is 155. The van der Waals surface area contributed by atoms with Gasteiger partial charge in [0.2, 0.25) is 0 Å². The molecule has 0 aliphatic carbocycles. The lowest BCUT2D eigenvalue weighted by atomic mass is 9.98. The van der Waals surface area contributed by atoms with Crippen LogP contribution in [-0.2, 0) is 4.79 Å².